The number of hydrogen-bond donors (Lipinski definition) is 2. The summed E-state index contributed by atoms with van der Waals surface area (Å²) < 4.78 is 18.6. The van der Waals surface area contributed by atoms with Gasteiger partial charge in [-0.15, -0.1) is 0 Å². The molecule has 0 saturated heterocycles. The molecular formula is C27H20Cl2FN3O5. The molecule has 11 heteroatoms. The molecule has 0 unspecified atom stereocenters. The first-order valence-electron chi connectivity index (χ1n) is 11.3. The maximum absolute atomic E-state index is 13.6. The maximum Gasteiger partial charge on any atom is 0.338 e. The molecule has 1 aliphatic rings. The lowest BCUT2D eigenvalue weighted by atomic mass is 10.1. The predicted molar refractivity (Wildman–Crippen MR) is 142 cm³/mol. The van der Waals surface area contributed by atoms with E-state index in [0.717, 1.165) is 17.0 Å². The van der Waals surface area contributed by atoms with Crippen LogP contribution in [-0.4, -0.2) is 30.3 Å². The number of benzene rings is 3. The highest BCUT2D eigenvalue weighted by Gasteiger charge is 2.39. The highest BCUT2D eigenvalue weighted by molar-refractivity contribution is 6.53. The molecule has 4 rings (SSSR count). The Morgan fingerprint density at radius 3 is 2.45 bits per heavy atom. The fourth-order valence-electron chi connectivity index (χ4n) is 3.64. The third-order valence-electron chi connectivity index (χ3n) is 5.58. The molecular weight excluding hydrogens is 536 g/mol. The molecule has 2 N–H and O–H groups in total. The first kappa shape index (κ1) is 26.8. The van der Waals surface area contributed by atoms with Crippen molar-refractivity contribution >= 4 is 64.0 Å². The van der Waals surface area contributed by atoms with Crippen molar-refractivity contribution in [3.8, 4) is 0 Å². The number of halogens is 3. The van der Waals surface area contributed by atoms with Crippen molar-refractivity contribution in [3.05, 3.63) is 98.9 Å². The summed E-state index contributed by atoms with van der Waals surface area (Å²) in [6.45, 7) is 3.65. The van der Waals surface area contributed by atoms with Crippen LogP contribution in [0.3, 0.4) is 0 Å². The van der Waals surface area contributed by atoms with E-state index in [1.54, 1.807) is 44.2 Å². The van der Waals surface area contributed by atoms with E-state index in [-0.39, 0.29) is 39.2 Å². The third-order valence-corrected chi connectivity index (χ3v) is 6.22. The SMILES string of the molecule is CCOC(=O)c1cccc(NC(=O)c2ccc(C)c(NC3=C(Cl)C(=O)N(c4ccc(F)c(Cl)c4)C3=O)c2)c1. The second-order valence-corrected chi connectivity index (χ2v) is 8.93. The summed E-state index contributed by atoms with van der Waals surface area (Å²) in [6.07, 6.45) is 0. The number of amides is 3. The van der Waals surface area contributed by atoms with Gasteiger partial charge in [-0.1, -0.05) is 35.3 Å². The van der Waals surface area contributed by atoms with Crippen molar-refractivity contribution < 1.29 is 28.3 Å². The number of carbonyl (C=O) groups is 4. The molecule has 3 aromatic carbocycles. The summed E-state index contributed by atoms with van der Waals surface area (Å²) in [5, 5.41) is 4.93. The number of nitrogens with one attached hydrogen (secondary N) is 2. The van der Waals surface area contributed by atoms with E-state index in [9.17, 15) is 23.6 Å². The predicted octanol–water partition coefficient (Wildman–Crippen LogP) is 5.65. The Morgan fingerprint density at radius 2 is 1.74 bits per heavy atom. The zero-order valence-corrected chi connectivity index (χ0v) is 21.6. The molecule has 194 valence electrons. The van der Waals surface area contributed by atoms with Crippen molar-refractivity contribution in [2.45, 2.75) is 13.8 Å². The molecule has 1 aliphatic heterocycles. The first-order valence-corrected chi connectivity index (χ1v) is 12.1. The molecule has 0 saturated carbocycles. The lowest BCUT2D eigenvalue weighted by Crippen LogP contribution is -2.32. The van der Waals surface area contributed by atoms with Gasteiger partial charge in [0.25, 0.3) is 17.7 Å². The number of aryl methyl sites for hydroxylation is 1. The number of imide groups is 1. The zero-order chi connectivity index (χ0) is 27.6. The Hall–Kier alpha value is -4.21. The number of nitrogens with zero attached hydrogens (tertiary/aromatic N) is 1. The van der Waals surface area contributed by atoms with E-state index < -0.39 is 29.5 Å². The van der Waals surface area contributed by atoms with Gasteiger partial charge in [-0.3, -0.25) is 14.4 Å². The van der Waals surface area contributed by atoms with Gasteiger partial charge in [0, 0.05) is 16.9 Å². The van der Waals surface area contributed by atoms with Crippen molar-refractivity contribution in [2.75, 3.05) is 22.1 Å². The molecule has 0 radical (unpaired) electrons. The van der Waals surface area contributed by atoms with Gasteiger partial charge in [0.1, 0.15) is 16.5 Å². The number of ether oxygens (including phenoxy) is 1. The standard InChI is InChI=1S/C27H20Cl2FN3O5/c1-3-38-27(37)16-5-4-6-17(11-16)31-24(34)15-8-7-14(2)21(12-15)32-23-22(29)25(35)33(26(23)36)18-9-10-20(30)19(28)13-18/h4-13,32H,3H2,1-2H3,(H,31,34). The van der Waals surface area contributed by atoms with Crippen LogP contribution >= 0.6 is 23.2 Å². The van der Waals surface area contributed by atoms with Crippen LogP contribution in [0.15, 0.2) is 71.4 Å². The minimum absolute atomic E-state index is 0.0521. The van der Waals surface area contributed by atoms with E-state index in [0.29, 0.717) is 16.9 Å². The Kier molecular flexibility index (Phi) is 7.80. The second-order valence-electron chi connectivity index (χ2n) is 8.14. The van der Waals surface area contributed by atoms with Crippen LogP contribution in [0, 0.1) is 12.7 Å². The highest BCUT2D eigenvalue weighted by atomic mass is 35.5. The minimum Gasteiger partial charge on any atom is -0.462 e. The summed E-state index contributed by atoms with van der Waals surface area (Å²) in [5.41, 5.74) is 1.75. The van der Waals surface area contributed by atoms with E-state index in [4.69, 9.17) is 27.9 Å². The summed E-state index contributed by atoms with van der Waals surface area (Å²) in [7, 11) is 0. The molecule has 0 spiro atoms. The summed E-state index contributed by atoms with van der Waals surface area (Å²) in [6, 6.07) is 14.4. The monoisotopic (exact) mass is 555 g/mol. The van der Waals surface area contributed by atoms with Crippen LogP contribution in [0.25, 0.3) is 0 Å². The van der Waals surface area contributed by atoms with Crippen molar-refractivity contribution in [3.63, 3.8) is 0 Å². The molecule has 1 heterocycles. The van der Waals surface area contributed by atoms with Gasteiger partial charge < -0.3 is 15.4 Å². The van der Waals surface area contributed by atoms with Gasteiger partial charge in [-0.05, 0) is 67.9 Å². The smallest absolute Gasteiger partial charge is 0.338 e. The summed E-state index contributed by atoms with van der Waals surface area (Å²) in [5.74, 6) is -3.28. The van der Waals surface area contributed by atoms with Crippen LogP contribution < -0.4 is 15.5 Å². The second kappa shape index (κ2) is 11.0. The quantitative estimate of drug-likeness (QED) is 0.288. The third kappa shape index (κ3) is 5.39. The Labute approximate surface area is 227 Å². The van der Waals surface area contributed by atoms with E-state index in [1.165, 1.54) is 18.2 Å². The largest absolute Gasteiger partial charge is 0.462 e. The maximum atomic E-state index is 13.6. The summed E-state index contributed by atoms with van der Waals surface area (Å²) in [4.78, 5) is 51.5. The average Bonchev–Trinajstić information content (AvgIpc) is 3.10. The zero-order valence-electron chi connectivity index (χ0n) is 20.1. The van der Waals surface area contributed by atoms with Gasteiger partial charge in [0.15, 0.2) is 0 Å². The van der Waals surface area contributed by atoms with E-state index >= 15 is 0 Å². The highest BCUT2D eigenvalue weighted by Crippen LogP contribution is 2.33. The van der Waals surface area contributed by atoms with E-state index in [2.05, 4.69) is 10.6 Å². The first-order chi connectivity index (χ1) is 18.1. The van der Waals surface area contributed by atoms with Gasteiger partial charge in [-0.25, -0.2) is 14.1 Å². The molecule has 3 aromatic rings. The van der Waals surface area contributed by atoms with Crippen molar-refractivity contribution in [1.29, 1.82) is 0 Å². The number of carbonyl (C=O) groups excluding carboxylic acids is 4. The minimum atomic E-state index is -0.810. The molecule has 0 aromatic heterocycles. The molecule has 0 fully saturated rings. The van der Waals surface area contributed by atoms with E-state index in [1.807, 2.05) is 0 Å². The van der Waals surface area contributed by atoms with Crippen LogP contribution in [0.4, 0.5) is 21.5 Å². The topological polar surface area (TPSA) is 105 Å². The number of rotatable bonds is 7. The van der Waals surface area contributed by atoms with Crippen LogP contribution in [-0.2, 0) is 14.3 Å². The number of anilines is 3. The van der Waals surface area contributed by atoms with Gasteiger partial charge in [-0.2, -0.15) is 0 Å². The van der Waals surface area contributed by atoms with Gasteiger partial charge in [0.2, 0.25) is 0 Å². The summed E-state index contributed by atoms with van der Waals surface area (Å²) >= 11 is 12.0. The van der Waals surface area contributed by atoms with Crippen molar-refractivity contribution in [1.82, 2.24) is 0 Å². The Bertz CT molecular complexity index is 1520. The fraction of sp³-hybridized carbons (Fsp3) is 0.111. The number of hydrogen-bond acceptors (Lipinski definition) is 6. The van der Waals surface area contributed by atoms with Crippen molar-refractivity contribution in [2.24, 2.45) is 0 Å². The van der Waals surface area contributed by atoms with Crippen LogP contribution in [0.5, 0.6) is 0 Å². The number of esters is 1. The molecule has 38 heavy (non-hydrogen) atoms. The molecule has 0 aliphatic carbocycles. The van der Waals surface area contributed by atoms with Gasteiger partial charge >= 0.3 is 5.97 Å². The molecule has 0 atom stereocenters. The van der Waals surface area contributed by atoms with Crippen LogP contribution in [0.2, 0.25) is 5.02 Å². The fourth-order valence-corrected chi connectivity index (χ4v) is 4.03. The Morgan fingerprint density at radius 1 is 0.974 bits per heavy atom. The average molecular weight is 556 g/mol. The molecule has 8 nitrogen and oxygen atoms in total. The Balaban J connectivity index is 1.55. The normalized spacial score (nSPS) is 13.1. The van der Waals surface area contributed by atoms with Crippen LogP contribution in [0.1, 0.15) is 33.2 Å². The van der Waals surface area contributed by atoms with Gasteiger partial charge in [0.05, 0.1) is 22.9 Å². The lowest BCUT2D eigenvalue weighted by molar-refractivity contribution is -0.120. The molecule has 0 bridgehead atoms. The lowest BCUT2D eigenvalue weighted by Gasteiger charge is -2.16. The molecule has 3 amide bonds.